The third kappa shape index (κ3) is 1.27. The van der Waals surface area contributed by atoms with Gasteiger partial charge in [-0.3, -0.25) is 0 Å². The fourth-order valence-electron chi connectivity index (χ4n) is 1.33. The van der Waals surface area contributed by atoms with Crippen LogP contribution in [0.1, 0.15) is 5.56 Å². The van der Waals surface area contributed by atoms with Gasteiger partial charge in [-0.15, -0.1) is 0 Å². The smallest absolute Gasteiger partial charge is 0.134 e. The number of fused-ring (bicyclic) bond motifs is 1. The summed E-state index contributed by atoms with van der Waals surface area (Å²) in [5.74, 6) is -0.356. The van der Waals surface area contributed by atoms with E-state index in [0.29, 0.717) is 16.5 Å². The van der Waals surface area contributed by atoms with Crippen molar-refractivity contribution >= 4 is 17.0 Å². The Morgan fingerprint density at radius 1 is 1.36 bits per heavy atom. The SMILES string of the molecule is N#CC=Cc1c(F)ccc2occc12. The first kappa shape index (κ1) is 8.52. The lowest BCUT2D eigenvalue weighted by atomic mass is 10.1. The molecule has 2 aromatic rings. The maximum atomic E-state index is 13.3. The normalized spacial score (nSPS) is 10.9. The molecular weight excluding hydrogens is 181 g/mol. The molecule has 0 spiro atoms. The van der Waals surface area contributed by atoms with Gasteiger partial charge in [-0.25, -0.2) is 4.39 Å². The predicted molar refractivity (Wildman–Crippen MR) is 50.8 cm³/mol. The van der Waals surface area contributed by atoms with Crippen molar-refractivity contribution in [2.75, 3.05) is 0 Å². The zero-order valence-electron chi connectivity index (χ0n) is 7.20. The van der Waals surface area contributed by atoms with Crippen LogP contribution in [0, 0.1) is 17.1 Å². The molecule has 2 rings (SSSR count). The molecule has 0 fully saturated rings. The molecule has 68 valence electrons. The lowest BCUT2D eigenvalue weighted by Gasteiger charge is -1.96. The summed E-state index contributed by atoms with van der Waals surface area (Å²) in [6.45, 7) is 0. The van der Waals surface area contributed by atoms with Crippen LogP contribution in [0.5, 0.6) is 0 Å². The minimum absolute atomic E-state index is 0.356. The first-order valence-corrected chi connectivity index (χ1v) is 4.05. The molecule has 0 unspecified atom stereocenters. The molecule has 0 aliphatic heterocycles. The number of benzene rings is 1. The molecule has 1 aromatic carbocycles. The van der Waals surface area contributed by atoms with Crippen molar-refractivity contribution in [1.29, 1.82) is 5.26 Å². The van der Waals surface area contributed by atoms with Gasteiger partial charge in [0.25, 0.3) is 0 Å². The molecule has 1 aromatic heterocycles. The maximum absolute atomic E-state index is 13.3. The maximum Gasteiger partial charge on any atom is 0.134 e. The number of rotatable bonds is 1. The van der Waals surface area contributed by atoms with E-state index >= 15 is 0 Å². The van der Waals surface area contributed by atoms with Crippen LogP contribution in [-0.4, -0.2) is 0 Å². The Hall–Kier alpha value is -2.08. The Kier molecular flexibility index (Phi) is 2.04. The first-order valence-electron chi connectivity index (χ1n) is 4.05. The average molecular weight is 187 g/mol. The van der Waals surface area contributed by atoms with E-state index in [-0.39, 0.29) is 5.82 Å². The van der Waals surface area contributed by atoms with Gasteiger partial charge in [0.1, 0.15) is 11.4 Å². The average Bonchev–Trinajstić information content (AvgIpc) is 2.64. The summed E-state index contributed by atoms with van der Waals surface area (Å²) in [6.07, 6.45) is 4.17. The van der Waals surface area contributed by atoms with Crippen molar-refractivity contribution in [3.8, 4) is 6.07 Å². The van der Waals surface area contributed by atoms with Gasteiger partial charge in [0.2, 0.25) is 0 Å². The van der Waals surface area contributed by atoms with Crippen LogP contribution in [0.4, 0.5) is 4.39 Å². The molecule has 0 bridgehead atoms. The Morgan fingerprint density at radius 3 is 3.00 bits per heavy atom. The van der Waals surface area contributed by atoms with Gasteiger partial charge in [0.05, 0.1) is 12.3 Å². The number of hydrogen-bond donors (Lipinski definition) is 0. The van der Waals surface area contributed by atoms with Gasteiger partial charge < -0.3 is 4.42 Å². The summed E-state index contributed by atoms with van der Waals surface area (Å²) in [4.78, 5) is 0. The molecule has 2 nitrogen and oxygen atoms in total. The quantitative estimate of drug-likeness (QED) is 0.643. The van der Waals surface area contributed by atoms with E-state index in [9.17, 15) is 4.39 Å². The Balaban J connectivity index is 2.71. The molecule has 3 heteroatoms. The molecule has 0 saturated heterocycles. The predicted octanol–water partition coefficient (Wildman–Crippen LogP) is 3.11. The number of hydrogen-bond acceptors (Lipinski definition) is 2. The van der Waals surface area contributed by atoms with E-state index in [2.05, 4.69) is 0 Å². The lowest BCUT2D eigenvalue weighted by molar-refractivity contribution is 0.609. The Morgan fingerprint density at radius 2 is 2.21 bits per heavy atom. The molecule has 0 saturated carbocycles. The van der Waals surface area contributed by atoms with Gasteiger partial charge in [-0.05, 0) is 24.3 Å². The summed E-state index contributed by atoms with van der Waals surface area (Å²) in [6, 6.07) is 6.38. The molecule has 0 aliphatic rings. The van der Waals surface area contributed by atoms with Crippen LogP contribution in [0.15, 0.2) is 35.0 Å². The highest BCUT2D eigenvalue weighted by molar-refractivity contribution is 5.87. The minimum Gasteiger partial charge on any atom is -0.464 e. The monoisotopic (exact) mass is 187 g/mol. The molecule has 0 aliphatic carbocycles. The molecule has 0 N–H and O–H groups in total. The number of halogens is 1. The number of nitrogens with zero attached hydrogens (tertiary/aromatic N) is 1. The number of furan rings is 1. The van der Waals surface area contributed by atoms with E-state index in [4.69, 9.17) is 9.68 Å². The van der Waals surface area contributed by atoms with Crippen molar-refractivity contribution < 1.29 is 8.81 Å². The van der Waals surface area contributed by atoms with Crippen LogP contribution in [0.2, 0.25) is 0 Å². The second-order valence-corrected chi connectivity index (χ2v) is 2.76. The van der Waals surface area contributed by atoms with Gasteiger partial charge in [-0.2, -0.15) is 5.26 Å². The zero-order chi connectivity index (χ0) is 9.97. The first-order chi connectivity index (χ1) is 6.83. The minimum atomic E-state index is -0.356. The largest absolute Gasteiger partial charge is 0.464 e. The summed E-state index contributed by atoms with van der Waals surface area (Å²) in [5.41, 5.74) is 1.00. The highest BCUT2D eigenvalue weighted by atomic mass is 19.1. The topological polar surface area (TPSA) is 36.9 Å². The molecule has 14 heavy (non-hydrogen) atoms. The number of nitriles is 1. The second kappa shape index (κ2) is 3.35. The van der Waals surface area contributed by atoms with Gasteiger partial charge >= 0.3 is 0 Å². The fourth-order valence-corrected chi connectivity index (χ4v) is 1.33. The standard InChI is InChI=1S/C11H6FNO/c12-10-3-4-11-9(5-7-14-11)8(10)2-1-6-13/h1-5,7H. The van der Waals surface area contributed by atoms with Crippen LogP contribution < -0.4 is 0 Å². The summed E-state index contributed by atoms with van der Waals surface area (Å²) in [5, 5.41) is 9.04. The fraction of sp³-hybridized carbons (Fsp3) is 0. The molecule has 0 amide bonds. The van der Waals surface area contributed by atoms with Crippen LogP contribution >= 0.6 is 0 Å². The number of allylic oxidation sites excluding steroid dienone is 1. The lowest BCUT2D eigenvalue weighted by Crippen LogP contribution is -1.81. The van der Waals surface area contributed by atoms with E-state index in [1.165, 1.54) is 24.5 Å². The van der Waals surface area contributed by atoms with Crippen molar-refractivity contribution in [1.82, 2.24) is 0 Å². The van der Waals surface area contributed by atoms with Crippen molar-refractivity contribution in [2.24, 2.45) is 0 Å². The summed E-state index contributed by atoms with van der Waals surface area (Å²) >= 11 is 0. The van der Waals surface area contributed by atoms with E-state index in [1.54, 1.807) is 12.1 Å². The molecule has 1 heterocycles. The van der Waals surface area contributed by atoms with E-state index < -0.39 is 0 Å². The van der Waals surface area contributed by atoms with Gasteiger partial charge in [0, 0.05) is 17.0 Å². The highest BCUT2D eigenvalue weighted by Gasteiger charge is 2.06. The summed E-state index contributed by atoms with van der Waals surface area (Å²) in [7, 11) is 0. The van der Waals surface area contributed by atoms with E-state index in [1.807, 2.05) is 6.07 Å². The van der Waals surface area contributed by atoms with Gasteiger partial charge in [-0.1, -0.05) is 0 Å². The van der Waals surface area contributed by atoms with Crippen molar-refractivity contribution in [3.63, 3.8) is 0 Å². The van der Waals surface area contributed by atoms with Gasteiger partial charge in [0.15, 0.2) is 0 Å². The third-order valence-corrected chi connectivity index (χ3v) is 1.95. The van der Waals surface area contributed by atoms with Crippen molar-refractivity contribution in [3.05, 3.63) is 41.9 Å². The van der Waals surface area contributed by atoms with Crippen LogP contribution in [0.3, 0.4) is 0 Å². The Labute approximate surface area is 79.9 Å². The molecule has 0 atom stereocenters. The molecule has 0 radical (unpaired) electrons. The van der Waals surface area contributed by atoms with Crippen molar-refractivity contribution in [2.45, 2.75) is 0 Å². The van der Waals surface area contributed by atoms with Crippen LogP contribution in [-0.2, 0) is 0 Å². The third-order valence-electron chi connectivity index (χ3n) is 1.95. The zero-order valence-corrected chi connectivity index (χ0v) is 7.20. The Bertz CT molecular complexity index is 534. The summed E-state index contributed by atoms with van der Waals surface area (Å²) < 4.78 is 18.4. The molecular formula is C11H6FNO. The van der Waals surface area contributed by atoms with E-state index in [0.717, 1.165) is 0 Å². The second-order valence-electron chi connectivity index (χ2n) is 2.76. The highest BCUT2D eigenvalue weighted by Crippen LogP contribution is 2.23. The van der Waals surface area contributed by atoms with Crippen LogP contribution in [0.25, 0.3) is 17.0 Å².